The van der Waals surface area contributed by atoms with E-state index in [1.165, 1.54) is 66.8 Å². The standard InChI is InChI=1S/C96H62N2O2/c1-7-29-63(30-8-1)81-61-89-92(80-56-54-74(60-88(80)99-89)98(70-41-17-6-18-42-70)72-44-28-38-68(58-72)96(66-35-13-4-14-36-66)85-51-25-21-47-77(85)78-48-22-26-52-86(78)96)94-82(64-31-9-2-10-32-64)62-90-91(93(81)94)79-55-53-73(59-87(79)100-90)97(69-39-15-5-16-40-69)71-43-27-37-67(57-71)95(65-33-11-3-12-34-65)83-49-23-19-45-75(83)76-46-20-24-50-84(76)95/h1-62H. The van der Waals surface area contributed by atoms with Crippen LogP contribution in [0.4, 0.5) is 34.1 Å². The number of anilines is 6. The summed E-state index contributed by atoms with van der Waals surface area (Å²) in [5.74, 6) is 0. The van der Waals surface area contributed by atoms with Crippen molar-refractivity contribution in [1.29, 1.82) is 0 Å². The highest BCUT2D eigenvalue weighted by molar-refractivity contribution is 6.35. The van der Waals surface area contributed by atoms with E-state index in [0.717, 1.165) is 111 Å². The summed E-state index contributed by atoms with van der Waals surface area (Å²) in [5, 5.41) is 6.37. The summed E-state index contributed by atoms with van der Waals surface area (Å²) in [7, 11) is 0. The Kier molecular flexibility index (Phi) is 13.1. The first-order valence-electron chi connectivity index (χ1n) is 34.5. The predicted molar refractivity (Wildman–Crippen MR) is 413 cm³/mol. The number of fused-ring (bicyclic) bond motifs is 15. The molecule has 0 saturated heterocycles. The van der Waals surface area contributed by atoms with Crippen LogP contribution < -0.4 is 9.80 Å². The van der Waals surface area contributed by atoms with Crippen LogP contribution in [0.2, 0.25) is 0 Å². The van der Waals surface area contributed by atoms with Crippen molar-refractivity contribution in [2.75, 3.05) is 9.80 Å². The summed E-state index contributed by atoms with van der Waals surface area (Å²) in [6.45, 7) is 0. The Morgan fingerprint density at radius 2 is 0.480 bits per heavy atom. The van der Waals surface area contributed by atoms with Gasteiger partial charge in [0.2, 0.25) is 0 Å². The minimum atomic E-state index is -0.572. The van der Waals surface area contributed by atoms with E-state index in [1.54, 1.807) is 0 Å². The molecule has 20 rings (SSSR count). The van der Waals surface area contributed by atoms with Gasteiger partial charge in [-0.15, -0.1) is 0 Å². The number of hydrogen-bond donors (Lipinski definition) is 0. The lowest BCUT2D eigenvalue weighted by Crippen LogP contribution is -2.28. The van der Waals surface area contributed by atoms with Crippen LogP contribution >= 0.6 is 0 Å². The predicted octanol–water partition coefficient (Wildman–Crippen LogP) is 25.6. The lowest BCUT2D eigenvalue weighted by atomic mass is 9.67. The summed E-state index contributed by atoms with van der Waals surface area (Å²) in [5.41, 5.74) is 27.4. The van der Waals surface area contributed by atoms with Crippen LogP contribution in [0.5, 0.6) is 0 Å². The van der Waals surface area contributed by atoms with E-state index >= 15 is 0 Å². The third kappa shape index (κ3) is 8.54. The van der Waals surface area contributed by atoms with Gasteiger partial charge in [-0.25, -0.2) is 0 Å². The van der Waals surface area contributed by atoms with E-state index in [0.29, 0.717) is 0 Å². The molecule has 0 fully saturated rings. The fourth-order valence-electron chi connectivity index (χ4n) is 17.3. The molecular formula is C96H62N2O2. The summed E-state index contributed by atoms with van der Waals surface area (Å²) in [4.78, 5) is 4.76. The molecule has 2 heterocycles. The molecule has 100 heavy (non-hydrogen) atoms. The van der Waals surface area contributed by atoms with Gasteiger partial charge in [0.1, 0.15) is 22.3 Å². The first-order chi connectivity index (χ1) is 49.6. The molecule has 2 aliphatic carbocycles. The number of rotatable bonds is 12. The second-order valence-electron chi connectivity index (χ2n) is 26.5. The van der Waals surface area contributed by atoms with Crippen molar-refractivity contribution >= 4 is 88.8 Å². The molecule has 0 bridgehead atoms. The van der Waals surface area contributed by atoms with Crippen LogP contribution in [0.15, 0.2) is 385 Å². The highest BCUT2D eigenvalue weighted by Gasteiger charge is 2.48. The van der Waals surface area contributed by atoms with Gasteiger partial charge in [0.15, 0.2) is 0 Å². The molecule has 2 aromatic heterocycles. The van der Waals surface area contributed by atoms with Gasteiger partial charge < -0.3 is 18.6 Å². The summed E-state index contributed by atoms with van der Waals surface area (Å²) in [6, 6.07) is 137. The fraction of sp³-hybridized carbons (Fsp3) is 0.0208. The highest BCUT2D eigenvalue weighted by Crippen LogP contribution is 2.59. The zero-order valence-electron chi connectivity index (χ0n) is 54.5. The number of benzene rings is 16. The molecule has 0 amide bonds. The van der Waals surface area contributed by atoms with Crippen molar-refractivity contribution in [2.45, 2.75) is 10.8 Å². The molecule has 0 saturated carbocycles. The van der Waals surface area contributed by atoms with Crippen molar-refractivity contribution < 1.29 is 8.83 Å². The molecule has 18 aromatic rings. The number of para-hydroxylation sites is 2. The van der Waals surface area contributed by atoms with Gasteiger partial charge in [0, 0.05) is 78.6 Å². The van der Waals surface area contributed by atoms with E-state index < -0.39 is 10.8 Å². The lowest BCUT2D eigenvalue weighted by molar-refractivity contribution is 0.668. The van der Waals surface area contributed by atoms with Gasteiger partial charge in [0.05, 0.1) is 10.8 Å². The van der Waals surface area contributed by atoms with E-state index in [-0.39, 0.29) is 0 Å². The maximum absolute atomic E-state index is 7.39. The lowest BCUT2D eigenvalue weighted by Gasteiger charge is -2.35. The van der Waals surface area contributed by atoms with E-state index in [2.05, 4.69) is 386 Å². The second-order valence-corrected chi connectivity index (χ2v) is 26.5. The molecule has 2 aliphatic rings. The van der Waals surface area contributed by atoms with Crippen molar-refractivity contribution in [3.8, 4) is 44.5 Å². The average Bonchev–Trinajstić information content (AvgIpc) is 1.53. The molecule has 0 aliphatic heterocycles. The third-order valence-corrected chi connectivity index (χ3v) is 21.3. The first kappa shape index (κ1) is 57.2. The summed E-state index contributed by atoms with van der Waals surface area (Å²) in [6.07, 6.45) is 0. The van der Waals surface area contributed by atoms with Gasteiger partial charge in [-0.2, -0.15) is 0 Å². The molecule has 0 atom stereocenters. The normalized spacial score (nSPS) is 13.2. The summed E-state index contributed by atoms with van der Waals surface area (Å²) >= 11 is 0. The monoisotopic (exact) mass is 1270 g/mol. The molecule has 4 heteroatoms. The van der Waals surface area contributed by atoms with Gasteiger partial charge >= 0.3 is 0 Å². The van der Waals surface area contributed by atoms with Crippen molar-refractivity contribution in [3.05, 3.63) is 421 Å². The van der Waals surface area contributed by atoms with Crippen LogP contribution in [0.3, 0.4) is 0 Å². The first-order valence-corrected chi connectivity index (χ1v) is 34.5. The molecule has 0 N–H and O–H groups in total. The van der Waals surface area contributed by atoms with Crippen molar-refractivity contribution in [1.82, 2.24) is 0 Å². The Balaban J connectivity index is 0.784. The van der Waals surface area contributed by atoms with E-state index in [9.17, 15) is 0 Å². The van der Waals surface area contributed by atoms with Crippen LogP contribution in [0, 0.1) is 0 Å². The van der Waals surface area contributed by atoms with Crippen LogP contribution in [0.25, 0.3) is 99.2 Å². The number of hydrogen-bond acceptors (Lipinski definition) is 4. The van der Waals surface area contributed by atoms with Crippen LogP contribution in [-0.2, 0) is 10.8 Å². The molecule has 16 aromatic carbocycles. The van der Waals surface area contributed by atoms with Crippen molar-refractivity contribution in [3.63, 3.8) is 0 Å². The Morgan fingerprint density at radius 3 is 0.840 bits per heavy atom. The topological polar surface area (TPSA) is 32.8 Å². The summed E-state index contributed by atoms with van der Waals surface area (Å²) < 4.78 is 14.8. The maximum Gasteiger partial charge on any atom is 0.137 e. The van der Waals surface area contributed by atoms with Gasteiger partial charge in [-0.3, -0.25) is 0 Å². The largest absolute Gasteiger partial charge is 0.456 e. The Morgan fingerprint density at radius 1 is 0.190 bits per heavy atom. The van der Waals surface area contributed by atoms with Gasteiger partial charge in [0.25, 0.3) is 0 Å². The van der Waals surface area contributed by atoms with E-state index in [1.807, 2.05) is 0 Å². The molecule has 0 unspecified atom stereocenters. The maximum atomic E-state index is 7.39. The number of furan rings is 2. The Hall–Kier alpha value is -13.0. The minimum absolute atomic E-state index is 0.572. The minimum Gasteiger partial charge on any atom is -0.456 e. The molecule has 0 spiro atoms. The average molecular weight is 1280 g/mol. The van der Waals surface area contributed by atoms with Crippen molar-refractivity contribution in [2.24, 2.45) is 0 Å². The van der Waals surface area contributed by atoms with Gasteiger partial charge in [-0.05, 0) is 174 Å². The SMILES string of the molecule is c1ccc(-c2cc3oc4cc(N(c5ccccc5)c5cccc(C6(c7ccccc7)c7ccccc7-c7ccccc76)c5)ccc4c3c3c(-c4ccccc4)cc4oc5cc(N(c6ccccc6)c6cccc(C7(c8ccccc8)c8ccccc8-c8ccccc87)c6)ccc5c4c23)cc1. The smallest absolute Gasteiger partial charge is 0.137 e. The fourth-order valence-corrected chi connectivity index (χ4v) is 17.3. The third-order valence-electron chi connectivity index (χ3n) is 21.3. The van der Waals surface area contributed by atoms with Gasteiger partial charge in [-0.1, -0.05) is 279 Å². The Labute approximate surface area is 579 Å². The molecule has 0 radical (unpaired) electrons. The highest BCUT2D eigenvalue weighted by atomic mass is 16.3. The Bertz CT molecular complexity index is 5750. The van der Waals surface area contributed by atoms with Crippen LogP contribution in [-0.4, -0.2) is 0 Å². The zero-order chi connectivity index (χ0) is 65.9. The molecule has 468 valence electrons. The molecular weight excluding hydrogens is 1210 g/mol. The number of nitrogens with zero attached hydrogens (tertiary/aromatic N) is 2. The van der Waals surface area contributed by atoms with Crippen LogP contribution in [0.1, 0.15) is 44.5 Å². The zero-order valence-corrected chi connectivity index (χ0v) is 54.5. The molecule has 4 nitrogen and oxygen atoms in total. The van der Waals surface area contributed by atoms with E-state index in [4.69, 9.17) is 8.83 Å². The quantitative estimate of drug-likeness (QED) is 0.122. The second kappa shape index (κ2) is 22.8.